The quantitative estimate of drug-likeness (QED) is 0.540. The van der Waals surface area contributed by atoms with Crippen LogP contribution in [-0.4, -0.2) is 9.38 Å². The monoisotopic (exact) mass is 196 g/mol. The van der Waals surface area contributed by atoms with Crippen molar-refractivity contribution in [2.45, 2.75) is 13.8 Å². The number of nitrogens with zero attached hydrogens (tertiary/aromatic N) is 2. The van der Waals surface area contributed by atoms with Crippen LogP contribution in [0.5, 0.6) is 0 Å². The molecule has 0 atom stereocenters. The molecular weight excluding hydrogens is 184 g/mol. The summed E-state index contributed by atoms with van der Waals surface area (Å²) in [5.41, 5.74) is 3.48. The Hall–Kier alpha value is -1.83. The molecule has 2 heterocycles. The summed E-state index contributed by atoms with van der Waals surface area (Å²) in [6.45, 7) is 4.20. The van der Waals surface area contributed by atoms with Gasteiger partial charge in [0.25, 0.3) is 0 Å². The van der Waals surface area contributed by atoms with Crippen molar-refractivity contribution in [3.63, 3.8) is 0 Å². The van der Waals surface area contributed by atoms with Crippen LogP contribution in [0.15, 0.2) is 36.5 Å². The van der Waals surface area contributed by atoms with Gasteiger partial charge < -0.3 is 4.40 Å². The van der Waals surface area contributed by atoms with E-state index < -0.39 is 0 Å². The molecule has 0 saturated heterocycles. The van der Waals surface area contributed by atoms with Gasteiger partial charge in [0.15, 0.2) is 0 Å². The zero-order valence-corrected chi connectivity index (χ0v) is 8.86. The zero-order valence-electron chi connectivity index (χ0n) is 8.86. The fraction of sp³-hybridized carbons (Fsp3) is 0.154. The smallest absolute Gasteiger partial charge is 0.145 e. The van der Waals surface area contributed by atoms with Crippen LogP contribution in [0, 0.1) is 13.8 Å². The molecule has 2 heteroatoms. The average Bonchev–Trinajstić information content (AvgIpc) is 2.62. The Morgan fingerprint density at radius 1 is 1.07 bits per heavy atom. The van der Waals surface area contributed by atoms with E-state index in [-0.39, 0.29) is 0 Å². The van der Waals surface area contributed by atoms with Crippen molar-refractivity contribution in [3.8, 4) is 0 Å². The van der Waals surface area contributed by atoms with Crippen LogP contribution in [0.4, 0.5) is 0 Å². The van der Waals surface area contributed by atoms with Crippen molar-refractivity contribution >= 4 is 16.4 Å². The largest absolute Gasteiger partial charge is 0.301 e. The highest BCUT2D eigenvalue weighted by atomic mass is 15.0. The van der Waals surface area contributed by atoms with E-state index in [0.29, 0.717) is 0 Å². The van der Waals surface area contributed by atoms with E-state index >= 15 is 0 Å². The standard InChI is InChI=1S/C13H12N2/c1-9-7-11-5-3-4-6-12(11)13-14-8-10(2)15(9)13/h3-8H,1-2H3. The molecule has 0 aliphatic rings. The van der Waals surface area contributed by atoms with Gasteiger partial charge in [0.1, 0.15) is 5.65 Å². The first-order valence-electron chi connectivity index (χ1n) is 5.10. The molecule has 0 unspecified atom stereocenters. The Balaban J connectivity index is 2.65. The first-order chi connectivity index (χ1) is 7.27. The van der Waals surface area contributed by atoms with Gasteiger partial charge in [-0.3, -0.25) is 0 Å². The molecule has 15 heavy (non-hydrogen) atoms. The molecule has 0 aliphatic heterocycles. The van der Waals surface area contributed by atoms with Gasteiger partial charge in [-0.25, -0.2) is 4.98 Å². The Morgan fingerprint density at radius 3 is 2.73 bits per heavy atom. The van der Waals surface area contributed by atoms with Crippen LogP contribution in [-0.2, 0) is 0 Å². The third-order valence-corrected chi connectivity index (χ3v) is 2.86. The fourth-order valence-corrected chi connectivity index (χ4v) is 2.19. The maximum absolute atomic E-state index is 4.47. The number of aromatic nitrogens is 2. The summed E-state index contributed by atoms with van der Waals surface area (Å²) in [6.07, 6.45) is 1.93. The number of rotatable bonds is 0. The molecule has 0 N–H and O–H groups in total. The Morgan fingerprint density at radius 2 is 1.87 bits per heavy atom. The molecule has 74 valence electrons. The molecule has 3 rings (SSSR count). The summed E-state index contributed by atoms with van der Waals surface area (Å²) in [4.78, 5) is 4.47. The molecule has 0 spiro atoms. The number of imidazole rings is 1. The fourth-order valence-electron chi connectivity index (χ4n) is 2.19. The van der Waals surface area contributed by atoms with Crippen LogP contribution in [0.3, 0.4) is 0 Å². The van der Waals surface area contributed by atoms with Crippen LogP contribution >= 0.6 is 0 Å². The summed E-state index contributed by atoms with van der Waals surface area (Å²) >= 11 is 0. The van der Waals surface area contributed by atoms with E-state index in [4.69, 9.17) is 0 Å². The minimum atomic E-state index is 1.06. The van der Waals surface area contributed by atoms with Crippen LogP contribution in [0.1, 0.15) is 11.4 Å². The van der Waals surface area contributed by atoms with Gasteiger partial charge in [-0.1, -0.05) is 24.3 Å². The number of pyridine rings is 1. The van der Waals surface area contributed by atoms with Crippen molar-refractivity contribution in [1.29, 1.82) is 0 Å². The van der Waals surface area contributed by atoms with E-state index in [1.54, 1.807) is 0 Å². The Kier molecular flexibility index (Phi) is 1.60. The summed E-state index contributed by atoms with van der Waals surface area (Å²) in [6, 6.07) is 10.6. The zero-order chi connectivity index (χ0) is 10.4. The lowest BCUT2D eigenvalue weighted by atomic mass is 10.1. The first kappa shape index (κ1) is 8.48. The number of aryl methyl sites for hydroxylation is 2. The number of benzene rings is 1. The normalized spacial score (nSPS) is 11.3. The van der Waals surface area contributed by atoms with Crippen molar-refractivity contribution in [1.82, 2.24) is 9.38 Å². The highest BCUT2D eigenvalue weighted by molar-refractivity contribution is 5.94. The van der Waals surface area contributed by atoms with E-state index in [2.05, 4.69) is 53.6 Å². The van der Waals surface area contributed by atoms with E-state index in [1.807, 2.05) is 6.20 Å². The lowest BCUT2D eigenvalue weighted by Gasteiger charge is -2.05. The molecule has 0 bridgehead atoms. The highest BCUT2D eigenvalue weighted by Gasteiger charge is 2.06. The van der Waals surface area contributed by atoms with Gasteiger partial charge in [-0.05, 0) is 25.3 Å². The second kappa shape index (κ2) is 2.83. The highest BCUT2D eigenvalue weighted by Crippen LogP contribution is 2.22. The second-order valence-corrected chi connectivity index (χ2v) is 3.93. The minimum absolute atomic E-state index is 1.06. The van der Waals surface area contributed by atoms with Crippen LogP contribution in [0.2, 0.25) is 0 Å². The predicted octanol–water partition coefficient (Wildman–Crippen LogP) is 3.10. The Labute approximate surface area is 88.2 Å². The second-order valence-electron chi connectivity index (χ2n) is 3.93. The van der Waals surface area contributed by atoms with Crippen molar-refractivity contribution in [2.24, 2.45) is 0 Å². The Bertz CT molecular complexity index is 650. The number of fused-ring (bicyclic) bond motifs is 3. The summed E-state index contributed by atoms with van der Waals surface area (Å²) in [5, 5.41) is 2.48. The van der Waals surface area contributed by atoms with Gasteiger partial charge in [0.05, 0.1) is 0 Å². The number of hydrogen-bond donors (Lipinski definition) is 0. The molecule has 0 radical (unpaired) electrons. The number of hydrogen-bond acceptors (Lipinski definition) is 1. The third kappa shape index (κ3) is 1.08. The van der Waals surface area contributed by atoms with Crippen LogP contribution in [0.25, 0.3) is 16.4 Å². The summed E-state index contributed by atoms with van der Waals surface area (Å²) in [5.74, 6) is 0. The molecule has 0 aliphatic carbocycles. The maximum atomic E-state index is 4.47. The first-order valence-corrected chi connectivity index (χ1v) is 5.10. The minimum Gasteiger partial charge on any atom is -0.301 e. The van der Waals surface area contributed by atoms with Crippen molar-refractivity contribution < 1.29 is 0 Å². The van der Waals surface area contributed by atoms with E-state index in [9.17, 15) is 0 Å². The molecule has 2 nitrogen and oxygen atoms in total. The van der Waals surface area contributed by atoms with Gasteiger partial charge in [-0.2, -0.15) is 0 Å². The molecule has 1 aromatic carbocycles. The van der Waals surface area contributed by atoms with Gasteiger partial charge in [0.2, 0.25) is 0 Å². The van der Waals surface area contributed by atoms with E-state index in [1.165, 1.54) is 22.2 Å². The SMILES string of the molecule is Cc1cnc2c3ccccc3cc(C)n12. The lowest BCUT2D eigenvalue weighted by molar-refractivity contribution is 1.05. The summed E-state index contributed by atoms with van der Waals surface area (Å²) < 4.78 is 2.20. The van der Waals surface area contributed by atoms with Crippen molar-refractivity contribution in [3.05, 3.63) is 47.9 Å². The van der Waals surface area contributed by atoms with Gasteiger partial charge >= 0.3 is 0 Å². The van der Waals surface area contributed by atoms with E-state index in [0.717, 1.165) is 5.65 Å². The predicted molar refractivity (Wildman–Crippen MR) is 62.2 cm³/mol. The molecule has 2 aromatic heterocycles. The van der Waals surface area contributed by atoms with Gasteiger partial charge in [-0.15, -0.1) is 0 Å². The summed E-state index contributed by atoms with van der Waals surface area (Å²) in [7, 11) is 0. The van der Waals surface area contributed by atoms with Crippen LogP contribution < -0.4 is 0 Å². The molecule has 0 saturated carbocycles. The average molecular weight is 196 g/mol. The molecule has 0 amide bonds. The maximum Gasteiger partial charge on any atom is 0.145 e. The molecule has 3 aromatic rings. The lowest BCUT2D eigenvalue weighted by Crippen LogP contribution is -1.93. The third-order valence-electron chi connectivity index (χ3n) is 2.86. The van der Waals surface area contributed by atoms with Gasteiger partial charge in [0, 0.05) is 23.0 Å². The molecule has 0 fully saturated rings. The van der Waals surface area contributed by atoms with Crippen molar-refractivity contribution in [2.75, 3.05) is 0 Å². The topological polar surface area (TPSA) is 17.3 Å². The molecular formula is C13H12N2.